The zero-order valence-corrected chi connectivity index (χ0v) is 18.5. The van der Waals surface area contributed by atoms with Gasteiger partial charge in [-0.25, -0.2) is 4.79 Å². The fraction of sp³-hybridized carbons (Fsp3) is 0.240. The normalized spacial score (nSPS) is 18.3. The van der Waals surface area contributed by atoms with Crippen LogP contribution in [-0.4, -0.2) is 31.4 Å². The molecule has 0 amide bonds. The Morgan fingerprint density at radius 1 is 0.933 bits per heavy atom. The third kappa shape index (κ3) is 5.25. The second-order valence-electron chi connectivity index (χ2n) is 7.26. The number of halogens is 1. The molecule has 2 atom stereocenters. The fourth-order valence-corrected chi connectivity index (χ4v) is 4.23. The molecular formula is C25H26ClNO2S. The van der Waals surface area contributed by atoms with E-state index in [1.54, 1.807) is 11.8 Å². The molecule has 3 aromatic rings. The Bertz CT molecular complexity index is 945. The van der Waals surface area contributed by atoms with E-state index in [1.807, 2.05) is 42.5 Å². The molecule has 3 nitrogen and oxygen atoms in total. The van der Waals surface area contributed by atoms with E-state index in [2.05, 4.69) is 48.0 Å². The minimum Gasteiger partial charge on any atom is -0.457 e. The molecule has 1 fully saturated rings. The number of carbonyl (C=O) groups is 1. The lowest BCUT2D eigenvalue weighted by atomic mass is 9.88. The second-order valence-corrected chi connectivity index (χ2v) is 8.14. The van der Waals surface area contributed by atoms with Gasteiger partial charge in [0.05, 0.1) is 5.56 Å². The van der Waals surface area contributed by atoms with Crippen molar-refractivity contribution in [3.05, 3.63) is 90.0 Å². The topological polar surface area (TPSA) is 38.3 Å². The van der Waals surface area contributed by atoms with E-state index < -0.39 is 0 Å². The third-order valence-electron chi connectivity index (χ3n) is 5.46. The van der Waals surface area contributed by atoms with E-state index in [1.165, 1.54) is 10.5 Å². The molecule has 0 spiro atoms. The van der Waals surface area contributed by atoms with Gasteiger partial charge in [-0.2, -0.15) is 0 Å². The van der Waals surface area contributed by atoms with E-state index >= 15 is 0 Å². The Kier molecular flexibility index (Phi) is 7.97. The quantitative estimate of drug-likeness (QED) is 0.402. The monoisotopic (exact) mass is 439 g/mol. The van der Waals surface area contributed by atoms with E-state index in [-0.39, 0.29) is 30.4 Å². The van der Waals surface area contributed by atoms with Gasteiger partial charge in [0.1, 0.15) is 6.10 Å². The van der Waals surface area contributed by atoms with Crippen LogP contribution in [0.4, 0.5) is 0 Å². The van der Waals surface area contributed by atoms with E-state index in [0.29, 0.717) is 12.1 Å². The van der Waals surface area contributed by atoms with Crippen LogP contribution in [-0.2, 0) is 4.74 Å². The Hall–Kier alpha value is -2.27. The number of hydrogen-bond donors (Lipinski definition) is 1. The number of hydrogen-bond acceptors (Lipinski definition) is 4. The van der Waals surface area contributed by atoms with Crippen molar-refractivity contribution < 1.29 is 9.53 Å². The molecule has 0 saturated carbocycles. The van der Waals surface area contributed by atoms with Gasteiger partial charge in [0.2, 0.25) is 0 Å². The van der Waals surface area contributed by atoms with Gasteiger partial charge < -0.3 is 10.1 Å². The summed E-state index contributed by atoms with van der Waals surface area (Å²) >= 11 is 1.73. The standard InChI is InChI=1S/C25H25NO2S.ClH/c1-29-22-13-11-19(12-14-22)18-7-9-21(10-8-18)25(27)28-24-17-26-16-15-23(24)20-5-3-2-4-6-20;/h2-14,23-24,26H,15-17H2,1H3;1H/t23-,24+;/m0./s1. The molecule has 3 aromatic carbocycles. The average molecular weight is 440 g/mol. The second kappa shape index (κ2) is 10.7. The Morgan fingerprint density at radius 2 is 1.57 bits per heavy atom. The van der Waals surface area contributed by atoms with E-state index in [0.717, 1.165) is 24.1 Å². The molecule has 4 rings (SSSR count). The van der Waals surface area contributed by atoms with Crippen molar-refractivity contribution >= 4 is 30.1 Å². The lowest BCUT2D eigenvalue weighted by Gasteiger charge is -2.32. The van der Waals surface area contributed by atoms with Gasteiger partial charge >= 0.3 is 5.97 Å². The number of benzene rings is 3. The van der Waals surface area contributed by atoms with E-state index in [4.69, 9.17) is 4.74 Å². The number of piperidine rings is 1. The maximum absolute atomic E-state index is 12.8. The maximum Gasteiger partial charge on any atom is 0.338 e. The van der Waals surface area contributed by atoms with Crippen molar-refractivity contribution in [2.75, 3.05) is 19.3 Å². The predicted octanol–water partition coefficient (Wildman–Crippen LogP) is 5.80. The minimum absolute atomic E-state index is 0. The van der Waals surface area contributed by atoms with Crippen LogP contribution in [0.5, 0.6) is 0 Å². The zero-order chi connectivity index (χ0) is 20.1. The summed E-state index contributed by atoms with van der Waals surface area (Å²) in [5.74, 6) is -0.0282. The first-order valence-corrected chi connectivity index (χ1v) is 11.2. The zero-order valence-electron chi connectivity index (χ0n) is 16.9. The molecule has 0 radical (unpaired) electrons. The van der Waals surface area contributed by atoms with Crippen molar-refractivity contribution in [2.24, 2.45) is 0 Å². The van der Waals surface area contributed by atoms with Gasteiger partial charge in [-0.15, -0.1) is 24.2 Å². The molecule has 0 bridgehead atoms. The largest absolute Gasteiger partial charge is 0.457 e. The SMILES string of the molecule is CSc1ccc(-c2ccc(C(=O)O[C@@H]3CNCC[C@H]3c3ccccc3)cc2)cc1.Cl. The Labute approximate surface area is 188 Å². The van der Waals surface area contributed by atoms with Gasteiger partial charge in [0.25, 0.3) is 0 Å². The highest BCUT2D eigenvalue weighted by atomic mass is 35.5. The fourth-order valence-electron chi connectivity index (χ4n) is 3.82. The Morgan fingerprint density at radius 3 is 2.20 bits per heavy atom. The molecule has 1 aliphatic heterocycles. The maximum atomic E-state index is 12.8. The van der Waals surface area contributed by atoms with Crippen LogP contribution in [0.2, 0.25) is 0 Å². The molecule has 1 heterocycles. The first-order valence-electron chi connectivity index (χ1n) is 9.96. The van der Waals surface area contributed by atoms with Crippen LogP contribution in [0.3, 0.4) is 0 Å². The molecule has 5 heteroatoms. The smallest absolute Gasteiger partial charge is 0.338 e. The molecule has 156 valence electrons. The molecule has 1 aliphatic rings. The molecule has 30 heavy (non-hydrogen) atoms. The number of nitrogens with one attached hydrogen (secondary N) is 1. The van der Waals surface area contributed by atoms with E-state index in [9.17, 15) is 4.79 Å². The van der Waals surface area contributed by atoms with Crippen LogP contribution in [0.25, 0.3) is 11.1 Å². The first kappa shape index (κ1) is 22.4. The number of thioether (sulfide) groups is 1. The summed E-state index contributed by atoms with van der Waals surface area (Å²) in [4.78, 5) is 14.0. The lowest BCUT2D eigenvalue weighted by molar-refractivity contribution is 0.0182. The van der Waals surface area contributed by atoms with Crippen LogP contribution in [0, 0.1) is 0 Å². The van der Waals surface area contributed by atoms with Gasteiger partial charge in [0.15, 0.2) is 0 Å². The molecule has 0 unspecified atom stereocenters. The molecule has 0 aromatic heterocycles. The number of rotatable bonds is 5. The highest BCUT2D eigenvalue weighted by Crippen LogP contribution is 2.29. The van der Waals surface area contributed by atoms with Crippen LogP contribution in [0.15, 0.2) is 83.8 Å². The summed E-state index contributed by atoms with van der Waals surface area (Å²) in [7, 11) is 0. The van der Waals surface area contributed by atoms with Gasteiger partial charge in [-0.1, -0.05) is 54.6 Å². The summed E-state index contributed by atoms with van der Waals surface area (Å²) in [6, 6.07) is 26.5. The predicted molar refractivity (Wildman–Crippen MR) is 127 cm³/mol. The third-order valence-corrected chi connectivity index (χ3v) is 6.20. The Balaban J connectivity index is 0.00000256. The summed E-state index contributed by atoms with van der Waals surface area (Å²) in [6.45, 7) is 1.63. The van der Waals surface area contributed by atoms with Crippen molar-refractivity contribution in [3.63, 3.8) is 0 Å². The number of esters is 1. The minimum atomic E-state index is -0.260. The van der Waals surface area contributed by atoms with Crippen molar-refractivity contribution in [1.82, 2.24) is 5.32 Å². The molecule has 1 N–H and O–H groups in total. The number of ether oxygens (including phenoxy) is 1. The van der Waals surface area contributed by atoms with Gasteiger partial charge in [-0.3, -0.25) is 0 Å². The first-order chi connectivity index (χ1) is 14.2. The summed E-state index contributed by atoms with van der Waals surface area (Å²) in [6.07, 6.45) is 2.88. The average Bonchev–Trinajstić information content (AvgIpc) is 2.80. The summed E-state index contributed by atoms with van der Waals surface area (Å²) in [5.41, 5.74) is 4.06. The summed E-state index contributed by atoms with van der Waals surface area (Å²) < 4.78 is 5.92. The van der Waals surface area contributed by atoms with Crippen LogP contribution in [0.1, 0.15) is 28.3 Å². The molecule has 1 saturated heterocycles. The number of carbonyl (C=O) groups excluding carboxylic acids is 1. The van der Waals surface area contributed by atoms with Gasteiger partial charge in [0, 0.05) is 17.4 Å². The van der Waals surface area contributed by atoms with Crippen molar-refractivity contribution in [2.45, 2.75) is 23.3 Å². The lowest BCUT2D eigenvalue weighted by Crippen LogP contribution is -2.42. The summed E-state index contributed by atoms with van der Waals surface area (Å²) in [5, 5.41) is 3.35. The highest BCUT2D eigenvalue weighted by molar-refractivity contribution is 7.98. The van der Waals surface area contributed by atoms with Gasteiger partial charge in [-0.05, 0) is 60.2 Å². The molecule has 0 aliphatic carbocycles. The van der Waals surface area contributed by atoms with Crippen molar-refractivity contribution in [1.29, 1.82) is 0 Å². The van der Waals surface area contributed by atoms with Crippen molar-refractivity contribution in [3.8, 4) is 11.1 Å². The molecular weight excluding hydrogens is 414 g/mol. The van der Waals surface area contributed by atoms with Crippen LogP contribution >= 0.6 is 24.2 Å². The highest BCUT2D eigenvalue weighted by Gasteiger charge is 2.29. The van der Waals surface area contributed by atoms with Crippen LogP contribution < -0.4 is 5.32 Å².